The van der Waals surface area contributed by atoms with E-state index in [1.807, 2.05) is 0 Å². The van der Waals surface area contributed by atoms with E-state index in [1.54, 1.807) is 6.07 Å². The number of hydrogen-bond acceptors (Lipinski definition) is 4. The van der Waals surface area contributed by atoms with Crippen molar-refractivity contribution in [3.8, 4) is 0 Å². The van der Waals surface area contributed by atoms with Gasteiger partial charge in [0.1, 0.15) is 5.82 Å². The average Bonchev–Trinajstić information content (AvgIpc) is 2.39. The monoisotopic (exact) mass is 300 g/mol. The van der Waals surface area contributed by atoms with E-state index in [-0.39, 0.29) is 29.4 Å². The Kier molecular flexibility index (Phi) is 5.10. The molecule has 2 rings (SSSR count). The number of benzene rings is 1. The molecule has 0 aromatic heterocycles. The van der Waals surface area contributed by atoms with Gasteiger partial charge in [-0.1, -0.05) is 11.6 Å². The standard InChI is InChI=1S/C14H18ClFN2O2/c15-12-2-1-9(5-13(12)16)14(20)10-6-18(7-10)4-3-11(17)8-19/h1-2,5,10-11,19H,3-4,6-8,17H2. The lowest BCUT2D eigenvalue weighted by molar-refractivity contribution is 0.0605. The zero-order valence-electron chi connectivity index (χ0n) is 11.1. The molecule has 1 fully saturated rings. The predicted octanol–water partition coefficient (Wildman–Crippen LogP) is 1.30. The number of nitrogens with zero attached hydrogens (tertiary/aromatic N) is 1. The first kappa shape index (κ1) is 15.4. The first-order valence-electron chi connectivity index (χ1n) is 6.59. The maximum atomic E-state index is 13.3. The molecule has 0 spiro atoms. The van der Waals surface area contributed by atoms with Crippen molar-refractivity contribution in [1.82, 2.24) is 4.90 Å². The van der Waals surface area contributed by atoms with E-state index in [2.05, 4.69) is 4.90 Å². The molecule has 1 aliphatic heterocycles. The summed E-state index contributed by atoms with van der Waals surface area (Å²) in [7, 11) is 0. The molecule has 6 heteroatoms. The number of Topliss-reactive ketones (excluding diaryl/α,β-unsaturated/α-hetero) is 1. The smallest absolute Gasteiger partial charge is 0.168 e. The van der Waals surface area contributed by atoms with Crippen molar-refractivity contribution < 1.29 is 14.3 Å². The van der Waals surface area contributed by atoms with E-state index in [0.29, 0.717) is 25.1 Å². The minimum absolute atomic E-state index is 0.0229. The number of aliphatic hydroxyl groups is 1. The van der Waals surface area contributed by atoms with Gasteiger partial charge in [-0.3, -0.25) is 4.79 Å². The van der Waals surface area contributed by atoms with Crippen LogP contribution in [0.25, 0.3) is 0 Å². The number of carbonyl (C=O) groups excluding carboxylic acids is 1. The number of likely N-dealkylation sites (tertiary alicyclic amines) is 1. The summed E-state index contributed by atoms with van der Waals surface area (Å²) in [5.41, 5.74) is 5.98. The number of halogens is 2. The van der Waals surface area contributed by atoms with Crippen molar-refractivity contribution in [2.24, 2.45) is 11.7 Å². The third kappa shape index (κ3) is 3.55. The van der Waals surface area contributed by atoms with E-state index in [1.165, 1.54) is 12.1 Å². The van der Waals surface area contributed by atoms with Crippen LogP contribution in [0.4, 0.5) is 4.39 Å². The lowest BCUT2D eigenvalue weighted by Crippen LogP contribution is -2.51. The van der Waals surface area contributed by atoms with Gasteiger partial charge in [-0.15, -0.1) is 0 Å². The molecule has 1 aliphatic rings. The fraction of sp³-hybridized carbons (Fsp3) is 0.500. The van der Waals surface area contributed by atoms with E-state index in [4.69, 9.17) is 22.4 Å². The zero-order chi connectivity index (χ0) is 14.7. The molecule has 0 aliphatic carbocycles. The lowest BCUT2D eigenvalue weighted by atomic mass is 9.90. The molecular formula is C14H18ClFN2O2. The van der Waals surface area contributed by atoms with E-state index in [0.717, 1.165) is 6.54 Å². The number of ketones is 1. The highest BCUT2D eigenvalue weighted by atomic mass is 35.5. The van der Waals surface area contributed by atoms with Crippen LogP contribution in [-0.4, -0.2) is 48.1 Å². The highest BCUT2D eigenvalue weighted by Gasteiger charge is 2.33. The third-order valence-electron chi connectivity index (χ3n) is 3.58. The molecule has 1 aromatic carbocycles. The van der Waals surface area contributed by atoms with Crippen molar-refractivity contribution in [3.05, 3.63) is 34.6 Å². The SMILES string of the molecule is NC(CO)CCN1CC(C(=O)c2ccc(Cl)c(F)c2)C1. The van der Waals surface area contributed by atoms with Crippen LogP contribution in [0.1, 0.15) is 16.8 Å². The molecule has 0 radical (unpaired) electrons. The molecule has 1 atom stereocenters. The van der Waals surface area contributed by atoms with Gasteiger partial charge in [0.2, 0.25) is 0 Å². The molecular weight excluding hydrogens is 283 g/mol. The molecule has 110 valence electrons. The Bertz CT molecular complexity index is 492. The van der Waals surface area contributed by atoms with Crippen LogP contribution in [0.3, 0.4) is 0 Å². The molecule has 1 saturated heterocycles. The topological polar surface area (TPSA) is 66.6 Å². The van der Waals surface area contributed by atoms with Gasteiger partial charge in [-0.05, 0) is 31.2 Å². The second kappa shape index (κ2) is 6.63. The summed E-state index contributed by atoms with van der Waals surface area (Å²) in [5, 5.41) is 8.85. The van der Waals surface area contributed by atoms with Gasteiger partial charge in [-0.25, -0.2) is 4.39 Å². The van der Waals surface area contributed by atoms with Crippen molar-refractivity contribution in [2.45, 2.75) is 12.5 Å². The van der Waals surface area contributed by atoms with Crippen LogP contribution in [0.5, 0.6) is 0 Å². The molecule has 4 nitrogen and oxygen atoms in total. The summed E-state index contributed by atoms with van der Waals surface area (Å²) >= 11 is 5.59. The maximum absolute atomic E-state index is 13.3. The van der Waals surface area contributed by atoms with Gasteiger partial charge in [0.15, 0.2) is 5.78 Å². The van der Waals surface area contributed by atoms with Crippen LogP contribution < -0.4 is 5.73 Å². The molecule has 1 aromatic rings. The highest BCUT2D eigenvalue weighted by molar-refractivity contribution is 6.30. The number of aliphatic hydroxyl groups excluding tert-OH is 1. The van der Waals surface area contributed by atoms with Crippen molar-refractivity contribution in [3.63, 3.8) is 0 Å². The number of hydrogen-bond donors (Lipinski definition) is 2. The molecule has 1 heterocycles. The first-order valence-corrected chi connectivity index (χ1v) is 6.97. The summed E-state index contributed by atoms with van der Waals surface area (Å²) in [6.45, 7) is 2.04. The maximum Gasteiger partial charge on any atom is 0.168 e. The number of rotatable bonds is 6. The normalized spacial score (nSPS) is 17.8. The van der Waals surface area contributed by atoms with E-state index in [9.17, 15) is 9.18 Å². The Balaban J connectivity index is 1.83. The summed E-state index contributed by atoms with van der Waals surface area (Å²) < 4.78 is 13.3. The van der Waals surface area contributed by atoms with E-state index >= 15 is 0 Å². The molecule has 20 heavy (non-hydrogen) atoms. The van der Waals surface area contributed by atoms with Crippen LogP contribution >= 0.6 is 11.6 Å². The van der Waals surface area contributed by atoms with Gasteiger partial charge >= 0.3 is 0 Å². The number of carbonyl (C=O) groups is 1. The predicted molar refractivity (Wildman–Crippen MR) is 75.3 cm³/mol. The Morgan fingerprint density at radius 2 is 2.25 bits per heavy atom. The third-order valence-corrected chi connectivity index (χ3v) is 3.89. The second-order valence-electron chi connectivity index (χ2n) is 5.18. The van der Waals surface area contributed by atoms with Gasteiger partial charge < -0.3 is 15.7 Å². The summed E-state index contributed by atoms with van der Waals surface area (Å²) in [6.07, 6.45) is 0.701. The van der Waals surface area contributed by atoms with Gasteiger partial charge in [-0.2, -0.15) is 0 Å². The second-order valence-corrected chi connectivity index (χ2v) is 5.59. The van der Waals surface area contributed by atoms with Gasteiger partial charge in [0, 0.05) is 30.6 Å². The molecule has 3 N–H and O–H groups in total. The lowest BCUT2D eigenvalue weighted by Gasteiger charge is -2.38. The van der Waals surface area contributed by atoms with Crippen molar-refractivity contribution in [1.29, 1.82) is 0 Å². The Morgan fingerprint density at radius 3 is 2.85 bits per heavy atom. The van der Waals surface area contributed by atoms with Crippen molar-refractivity contribution >= 4 is 17.4 Å². The number of nitrogens with two attached hydrogens (primary N) is 1. The molecule has 0 amide bonds. The average molecular weight is 301 g/mol. The van der Waals surface area contributed by atoms with Crippen LogP contribution in [0, 0.1) is 11.7 Å². The Labute approximate surface area is 122 Å². The zero-order valence-corrected chi connectivity index (χ0v) is 11.8. The van der Waals surface area contributed by atoms with Crippen LogP contribution in [0.2, 0.25) is 5.02 Å². The van der Waals surface area contributed by atoms with E-state index < -0.39 is 5.82 Å². The van der Waals surface area contributed by atoms with Gasteiger partial charge in [0.25, 0.3) is 0 Å². The quantitative estimate of drug-likeness (QED) is 0.777. The summed E-state index contributed by atoms with van der Waals surface area (Å²) in [4.78, 5) is 14.2. The van der Waals surface area contributed by atoms with Gasteiger partial charge in [0.05, 0.1) is 11.6 Å². The molecule has 0 bridgehead atoms. The molecule has 0 saturated carbocycles. The highest BCUT2D eigenvalue weighted by Crippen LogP contribution is 2.23. The summed E-state index contributed by atoms with van der Waals surface area (Å²) in [6, 6.07) is 3.93. The minimum atomic E-state index is -0.567. The molecule has 1 unspecified atom stereocenters. The van der Waals surface area contributed by atoms with Crippen LogP contribution in [-0.2, 0) is 0 Å². The summed E-state index contributed by atoms with van der Waals surface area (Å²) in [5.74, 6) is -0.716. The fourth-order valence-electron chi connectivity index (χ4n) is 2.24. The first-order chi connectivity index (χ1) is 9.51. The largest absolute Gasteiger partial charge is 0.395 e. The Morgan fingerprint density at radius 1 is 1.55 bits per heavy atom. The fourth-order valence-corrected chi connectivity index (χ4v) is 2.36. The van der Waals surface area contributed by atoms with Crippen LogP contribution in [0.15, 0.2) is 18.2 Å². The Hall–Kier alpha value is -1.01. The van der Waals surface area contributed by atoms with Crippen molar-refractivity contribution in [2.75, 3.05) is 26.2 Å². The minimum Gasteiger partial charge on any atom is -0.395 e.